The summed E-state index contributed by atoms with van der Waals surface area (Å²) in [7, 11) is 0. The fraction of sp³-hybridized carbons (Fsp3) is 0.278. The molecule has 140 valence electrons. The van der Waals surface area contributed by atoms with Crippen molar-refractivity contribution in [2.24, 2.45) is 5.73 Å². The van der Waals surface area contributed by atoms with Gasteiger partial charge in [0.1, 0.15) is 5.82 Å². The minimum atomic E-state index is -0.799. The van der Waals surface area contributed by atoms with E-state index in [1.165, 1.54) is 0 Å². The van der Waals surface area contributed by atoms with E-state index in [4.69, 9.17) is 5.73 Å². The number of hydrogen-bond acceptors (Lipinski definition) is 4. The highest BCUT2D eigenvalue weighted by Gasteiger charge is 2.36. The Labute approximate surface area is 164 Å². The molecular weight excluding hydrogens is 375 g/mol. The van der Waals surface area contributed by atoms with E-state index in [2.05, 4.69) is 15.6 Å². The minimum Gasteiger partial charge on any atom is -0.324 e. The van der Waals surface area contributed by atoms with E-state index in [1.54, 1.807) is 48.7 Å². The Kier molecular flexibility index (Phi) is 8.02. The quantitative estimate of drug-likeness (QED) is 0.737. The molecule has 1 aromatic heterocycles. The second-order valence-corrected chi connectivity index (χ2v) is 6.07. The number of halogens is 2. The lowest BCUT2D eigenvalue weighted by atomic mass is 9.98. The summed E-state index contributed by atoms with van der Waals surface area (Å²) >= 11 is 0. The van der Waals surface area contributed by atoms with Crippen molar-refractivity contribution in [1.29, 1.82) is 0 Å². The van der Waals surface area contributed by atoms with Gasteiger partial charge in [0.15, 0.2) is 0 Å². The molecule has 6 nitrogen and oxygen atoms in total. The van der Waals surface area contributed by atoms with E-state index in [0.717, 1.165) is 12.8 Å². The Balaban J connectivity index is 0.00000169. The lowest BCUT2D eigenvalue weighted by Crippen LogP contribution is -2.48. The van der Waals surface area contributed by atoms with Crippen LogP contribution in [-0.2, 0) is 4.79 Å². The number of benzene rings is 1. The van der Waals surface area contributed by atoms with Crippen molar-refractivity contribution in [3.63, 3.8) is 0 Å². The van der Waals surface area contributed by atoms with Gasteiger partial charge in [-0.2, -0.15) is 0 Å². The minimum absolute atomic E-state index is 0. The highest BCUT2D eigenvalue weighted by molar-refractivity contribution is 6.05. The number of aromatic nitrogens is 1. The van der Waals surface area contributed by atoms with E-state index in [0.29, 0.717) is 29.9 Å². The number of hydrogen-bond donors (Lipinski definition) is 3. The first-order chi connectivity index (χ1) is 11.6. The Morgan fingerprint density at radius 1 is 1.00 bits per heavy atom. The number of rotatable bonds is 4. The van der Waals surface area contributed by atoms with Crippen molar-refractivity contribution in [1.82, 2.24) is 4.98 Å². The maximum Gasteiger partial charge on any atom is 0.256 e. The van der Waals surface area contributed by atoms with Gasteiger partial charge in [0.05, 0.1) is 5.54 Å². The van der Waals surface area contributed by atoms with Gasteiger partial charge in [-0.05, 0) is 43.2 Å². The van der Waals surface area contributed by atoms with Gasteiger partial charge in [0, 0.05) is 17.4 Å². The third-order valence-electron chi connectivity index (χ3n) is 4.24. The van der Waals surface area contributed by atoms with Crippen molar-refractivity contribution < 1.29 is 9.59 Å². The summed E-state index contributed by atoms with van der Waals surface area (Å²) in [5, 5.41) is 5.54. The zero-order valence-corrected chi connectivity index (χ0v) is 15.7. The second kappa shape index (κ2) is 9.52. The molecule has 0 atom stereocenters. The van der Waals surface area contributed by atoms with Crippen LogP contribution in [0.2, 0.25) is 0 Å². The molecule has 0 radical (unpaired) electrons. The number of carbonyl (C=O) groups is 2. The van der Waals surface area contributed by atoms with Crippen LogP contribution in [0.1, 0.15) is 36.0 Å². The molecule has 3 rings (SSSR count). The van der Waals surface area contributed by atoms with E-state index < -0.39 is 5.54 Å². The molecule has 1 aliphatic carbocycles. The number of nitrogens with two attached hydrogens (primary N) is 1. The molecule has 26 heavy (non-hydrogen) atoms. The Morgan fingerprint density at radius 2 is 1.73 bits per heavy atom. The van der Waals surface area contributed by atoms with Gasteiger partial charge in [0.2, 0.25) is 5.91 Å². The lowest BCUT2D eigenvalue weighted by Gasteiger charge is -2.22. The molecule has 1 aromatic carbocycles. The average molecular weight is 397 g/mol. The smallest absolute Gasteiger partial charge is 0.256 e. The maximum atomic E-state index is 12.4. The third kappa shape index (κ3) is 5.17. The van der Waals surface area contributed by atoms with Gasteiger partial charge in [0.25, 0.3) is 5.91 Å². The van der Waals surface area contributed by atoms with Gasteiger partial charge in [-0.25, -0.2) is 4.98 Å². The number of pyridine rings is 1. The van der Waals surface area contributed by atoms with Crippen LogP contribution in [0.3, 0.4) is 0 Å². The molecule has 2 amide bonds. The molecule has 8 heteroatoms. The summed E-state index contributed by atoms with van der Waals surface area (Å²) in [6.45, 7) is 0. The van der Waals surface area contributed by atoms with E-state index in [1.807, 2.05) is 0 Å². The molecule has 4 N–H and O–H groups in total. The first kappa shape index (κ1) is 21.9. The molecule has 0 saturated heterocycles. The predicted octanol–water partition coefficient (Wildman–Crippen LogP) is 3.39. The van der Waals surface area contributed by atoms with Gasteiger partial charge in [-0.1, -0.05) is 25.0 Å². The summed E-state index contributed by atoms with van der Waals surface area (Å²) in [5.74, 6) is -0.000725. The number of carbonyl (C=O) groups excluding carboxylic acids is 2. The third-order valence-corrected chi connectivity index (χ3v) is 4.24. The molecule has 1 aliphatic rings. The molecule has 0 aliphatic heterocycles. The number of nitrogens with zero attached hydrogens (tertiary/aromatic N) is 1. The predicted molar refractivity (Wildman–Crippen MR) is 107 cm³/mol. The van der Waals surface area contributed by atoms with Crippen molar-refractivity contribution in [3.8, 4) is 0 Å². The number of nitrogens with one attached hydrogen (secondary N) is 2. The summed E-state index contributed by atoms with van der Waals surface area (Å²) in [5.41, 5.74) is 6.35. The first-order valence-electron chi connectivity index (χ1n) is 8.00. The zero-order valence-electron chi connectivity index (χ0n) is 14.1. The van der Waals surface area contributed by atoms with Crippen molar-refractivity contribution in [2.75, 3.05) is 10.6 Å². The van der Waals surface area contributed by atoms with Crippen LogP contribution in [0.15, 0.2) is 48.7 Å². The Bertz CT molecular complexity index is 750. The second-order valence-electron chi connectivity index (χ2n) is 6.07. The fourth-order valence-corrected chi connectivity index (χ4v) is 2.85. The molecule has 0 unspecified atom stereocenters. The SMILES string of the molecule is Cl.Cl.NC1(C(=O)Nc2cccc(C(=O)Nc3ccccn3)c2)CCCC1. The molecular formula is C18H22Cl2N4O2. The normalized spacial score (nSPS) is 14.5. The van der Waals surface area contributed by atoms with Crippen molar-refractivity contribution in [2.45, 2.75) is 31.2 Å². The summed E-state index contributed by atoms with van der Waals surface area (Å²) < 4.78 is 0. The Morgan fingerprint density at radius 3 is 2.38 bits per heavy atom. The van der Waals surface area contributed by atoms with Gasteiger partial charge < -0.3 is 16.4 Å². The first-order valence-corrected chi connectivity index (χ1v) is 8.00. The molecule has 0 bridgehead atoms. The zero-order chi connectivity index (χ0) is 17.0. The van der Waals surface area contributed by atoms with Crippen LogP contribution in [0.5, 0.6) is 0 Å². The van der Waals surface area contributed by atoms with Gasteiger partial charge in [-0.15, -0.1) is 24.8 Å². The highest BCUT2D eigenvalue weighted by atomic mass is 35.5. The number of anilines is 2. The van der Waals surface area contributed by atoms with Crippen LogP contribution in [0, 0.1) is 0 Å². The average Bonchev–Trinajstić information content (AvgIpc) is 3.04. The standard InChI is InChI=1S/C18H20N4O2.2ClH/c19-18(9-2-3-10-18)17(24)21-14-7-5-6-13(12-14)16(23)22-15-8-1-4-11-20-15;;/h1,4-8,11-12H,2-3,9-10,19H2,(H,21,24)(H,20,22,23);2*1H. The van der Waals surface area contributed by atoms with E-state index in [-0.39, 0.29) is 36.6 Å². The summed E-state index contributed by atoms with van der Waals surface area (Å²) in [6.07, 6.45) is 4.93. The Hall–Kier alpha value is -2.15. The van der Waals surface area contributed by atoms with Crippen molar-refractivity contribution in [3.05, 3.63) is 54.2 Å². The summed E-state index contributed by atoms with van der Waals surface area (Å²) in [4.78, 5) is 28.7. The van der Waals surface area contributed by atoms with Gasteiger partial charge >= 0.3 is 0 Å². The highest BCUT2D eigenvalue weighted by Crippen LogP contribution is 2.28. The monoisotopic (exact) mass is 396 g/mol. The fourth-order valence-electron chi connectivity index (χ4n) is 2.85. The van der Waals surface area contributed by atoms with Crippen molar-refractivity contribution >= 4 is 48.1 Å². The number of amides is 2. The topological polar surface area (TPSA) is 97.1 Å². The van der Waals surface area contributed by atoms with Crippen LogP contribution < -0.4 is 16.4 Å². The van der Waals surface area contributed by atoms with E-state index >= 15 is 0 Å². The molecule has 1 heterocycles. The lowest BCUT2D eigenvalue weighted by molar-refractivity contribution is -0.121. The summed E-state index contributed by atoms with van der Waals surface area (Å²) in [6, 6.07) is 12.1. The van der Waals surface area contributed by atoms with Crippen LogP contribution in [-0.4, -0.2) is 22.3 Å². The van der Waals surface area contributed by atoms with Gasteiger partial charge in [-0.3, -0.25) is 9.59 Å². The van der Waals surface area contributed by atoms with Crippen LogP contribution in [0.4, 0.5) is 11.5 Å². The van der Waals surface area contributed by atoms with Crippen LogP contribution in [0.25, 0.3) is 0 Å². The van der Waals surface area contributed by atoms with E-state index in [9.17, 15) is 9.59 Å². The largest absolute Gasteiger partial charge is 0.324 e. The van der Waals surface area contributed by atoms with Crippen LogP contribution >= 0.6 is 24.8 Å². The molecule has 1 saturated carbocycles. The molecule has 1 fully saturated rings. The molecule has 0 spiro atoms. The maximum absolute atomic E-state index is 12.4. The molecule has 2 aromatic rings.